The van der Waals surface area contributed by atoms with Gasteiger partial charge in [0.05, 0.1) is 10.9 Å². The van der Waals surface area contributed by atoms with E-state index in [0.29, 0.717) is 16.7 Å². The molecule has 1 aliphatic carbocycles. The number of fused-ring (bicyclic) bond motifs is 2. The van der Waals surface area contributed by atoms with Crippen LogP contribution in [0.5, 0.6) is 0 Å². The van der Waals surface area contributed by atoms with Gasteiger partial charge in [-0.3, -0.25) is 19.4 Å². The molecule has 0 saturated heterocycles. The van der Waals surface area contributed by atoms with E-state index in [4.69, 9.17) is 10.4 Å². The number of carbonyl (C=O) groups excluding carboxylic acids is 1. The van der Waals surface area contributed by atoms with Crippen molar-refractivity contribution < 1.29 is 4.79 Å². The van der Waals surface area contributed by atoms with Crippen molar-refractivity contribution in [3.8, 4) is 0 Å². The van der Waals surface area contributed by atoms with Crippen molar-refractivity contribution in [2.45, 2.75) is 38.6 Å². The third-order valence-electron chi connectivity index (χ3n) is 5.24. The molecule has 1 amide bonds. The summed E-state index contributed by atoms with van der Waals surface area (Å²) in [4.78, 5) is 30.1. The highest BCUT2D eigenvalue weighted by molar-refractivity contribution is 5.96. The lowest BCUT2D eigenvalue weighted by Crippen LogP contribution is -2.35. The summed E-state index contributed by atoms with van der Waals surface area (Å²) >= 11 is 0. The Hall–Kier alpha value is -2.96. The van der Waals surface area contributed by atoms with E-state index >= 15 is 0 Å². The van der Waals surface area contributed by atoms with Crippen molar-refractivity contribution in [3.05, 3.63) is 51.4 Å². The predicted molar refractivity (Wildman–Crippen MR) is 98.4 cm³/mol. The van der Waals surface area contributed by atoms with Gasteiger partial charge >= 0.3 is 0 Å². The summed E-state index contributed by atoms with van der Waals surface area (Å²) in [6.07, 6.45) is 5.70. The van der Waals surface area contributed by atoms with E-state index < -0.39 is 0 Å². The zero-order chi connectivity index (χ0) is 18.4. The second-order valence-corrected chi connectivity index (χ2v) is 6.83. The zero-order valence-electron chi connectivity index (χ0n) is 14.9. The Labute approximate surface area is 149 Å². The van der Waals surface area contributed by atoms with Crippen LogP contribution in [0.3, 0.4) is 0 Å². The fourth-order valence-corrected chi connectivity index (χ4v) is 3.88. The highest BCUT2D eigenvalue weighted by Crippen LogP contribution is 2.30. The number of hydrogen-bond acceptors (Lipinski definition) is 4. The lowest BCUT2D eigenvalue weighted by atomic mass is 10.1. The van der Waals surface area contributed by atoms with Gasteiger partial charge < -0.3 is 9.88 Å². The summed E-state index contributed by atoms with van der Waals surface area (Å²) in [5.41, 5.74) is 2.08. The molecule has 2 N–H and O–H groups in total. The monoisotopic (exact) mass is 351 g/mol. The van der Waals surface area contributed by atoms with Gasteiger partial charge in [0.25, 0.3) is 11.5 Å². The molecule has 3 heterocycles. The first-order valence-corrected chi connectivity index (χ1v) is 8.87. The normalized spacial score (nSPS) is 15.0. The molecule has 134 valence electrons. The van der Waals surface area contributed by atoms with Crippen LogP contribution in [0, 0.1) is 12.3 Å². The number of nitrogens with one attached hydrogen (secondary N) is 2. The Kier molecular flexibility index (Phi) is 3.86. The van der Waals surface area contributed by atoms with E-state index in [2.05, 4.69) is 5.32 Å². The number of amides is 1. The lowest BCUT2D eigenvalue weighted by Gasteiger charge is -2.19. The maximum Gasteiger partial charge on any atom is 0.267 e. The standard InChI is InChI=1S/C19H21N5O2/c1-11-6-5-9-23-16(11)22-17-14(19(23)26)10-13(18(25)21-2)15(20)24(17)12-7-3-4-8-12/h5-6,9-10,12,20H,3-4,7-8H2,1-2H3,(H,21,25). The van der Waals surface area contributed by atoms with Crippen molar-refractivity contribution in [2.75, 3.05) is 7.05 Å². The van der Waals surface area contributed by atoms with Crippen molar-refractivity contribution >= 4 is 22.6 Å². The molecular weight excluding hydrogens is 330 g/mol. The average molecular weight is 351 g/mol. The van der Waals surface area contributed by atoms with Gasteiger partial charge in [-0.2, -0.15) is 0 Å². The number of carbonyl (C=O) groups is 1. The van der Waals surface area contributed by atoms with Crippen LogP contribution in [0.2, 0.25) is 0 Å². The minimum Gasteiger partial charge on any atom is -0.355 e. The average Bonchev–Trinajstić information content (AvgIpc) is 3.16. The maximum atomic E-state index is 13.1. The molecule has 0 atom stereocenters. The van der Waals surface area contributed by atoms with Crippen LogP contribution in [0.15, 0.2) is 29.2 Å². The van der Waals surface area contributed by atoms with Crippen molar-refractivity contribution in [3.63, 3.8) is 0 Å². The molecule has 3 aromatic heterocycles. The third kappa shape index (κ3) is 2.34. The molecule has 0 spiro atoms. The summed E-state index contributed by atoms with van der Waals surface area (Å²) in [5.74, 6) is -0.364. The Morgan fingerprint density at radius 1 is 1.31 bits per heavy atom. The first-order chi connectivity index (χ1) is 12.5. The number of nitrogens with zero attached hydrogens (tertiary/aromatic N) is 3. The highest BCUT2D eigenvalue weighted by atomic mass is 16.1. The number of hydrogen-bond donors (Lipinski definition) is 2. The van der Waals surface area contributed by atoms with Gasteiger partial charge in [0, 0.05) is 19.3 Å². The van der Waals surface area contributed by atoms with Crippen LogP contribution in [-0.4, -0.2) is 26.9 Å². The van der Waals surface area contributed by atoms with Crippen LogP contribution in [0.4, 0.5) is 0 Å². The minimum atomic E-state index is -0.364. The van der Waals surface area contributed by atoms with Gasteiger partial charge in [-0.1, -0.05) is 18.9 Å². The van der Waals surface area contributed by atoms with E-state index in [1.807, 2.05) is 13.0 Å². The molecule has 1 aliphatic rings. The maximum absolute atomic E-state index is 13.1. The third-order valence-corrected chi connectivity index (χ3v) is 5.24. The van der Waals surface area contributed by atoms with Crippen LogP contribution in [0.1, 0.15) is 47.6 Å². The first kappa shape index (κ1) is 16.5. The molecule has 1 fully saturated rings. The fourth-order valence-electron chi connectivity index (χ4n) is 3.88. The second-order valence-electron chi connectivity index (χ2n) is 6.83. The van der Waals surface area contributed by atoms with E-state index in [0.717, 1.165) is 31.2 Å². The summed E-state index contributed by atoms with van der Waals surface area (Å²) in [6.45, 7) is 1.91. The van der Waals surface area contributed by atoms with Gasteiger partial charge in [-0.25, -0.2) is 4.98 Å². The molecule has 0 bridgehead atoms. The van der Waals surface area contributed by atoms with Crippen molar-refractivity contribution in [2.24, 2.45) is 0 Å². The van der Waals surface area contributed by atoms with Gasteiger partial charge in [0.1, 0.15) is 16.8 Å². The molecule has 0 aromatic carbocycles. The molecule has 0 unspecified atom stereocenters. The number of aryl methyl sites for hydroxylation is 1. The molecule has 3 aromatic rings. The van der Waals surface area contributed by atoms with Gasteiger partial charge in [0.15, 0.2) is 0 Å². The summed E-state index contributed by atoms with van der Waals surface area (Å²) < 4.78 is 3.30. The van der Waals surface area contributed by atoms with E-state index in [1.54, 1.807) is 16.8 Å². The number of aromatic nitrogens is 3. The molecule has 1 saturated carbocycles. The Morgan fingerprint density at radius 2 is 2.04 bits per heavy atom. The number of rotatable bonds is 2. The predicted octanol–water partition coefficient (Wildman–Crippen LogP) is 1.91. The second kappa shape index (κ2) is 6.09. The fraction of sp³-hybridized carbons (Fsp3) is 0.368. The molecular formula is C19H21N5O2. The minimum absolute atomic E-state index is 0.0907. The lowest BCUT2D eigenvalue weighted by molar-refractivity contribution is 0.0960. The summed E-state index contributed by atoms with van der Waals surface area (Å²) in [5, 5.41) is 11.6. The quantitative estimate of drug-likeness (QED) is 0.691. The molecule has 4 rings (SSSR count). The zero-order valence-corrected chi connectivity index (χ0v) is 14.9. The van der Waals surface area contributed by atoms with Crippen LogP contribution in [-0.2, 0) is 0 Å². The van der Waals surface area contributed by atoms with Crippen LogP contribution < -0.4 is 16.4 Å². The molecule has 0 radical (unpaired) electrons. The van der Waals surface area contributed by atoms with Gasteiger partial charge in [-0.15, -0.1) is 0 Å². The van der Waals surface area contributed by atoms with Crippen molar-refractivity contribution in [1.82, 2.24) is 19.3 Å². The molecule has 7 nitrogen and oxygen atoms in total. The smallest absolute Gasteiger partial charge is 0.267 e. The Morgan fingerprint density at radius 3 is 2.73 bits per heavy atom. The van der Waals surface area contributed by atoms with E-state index in [9.17, 15) is 9.59 Å². The Balaban J connectivity index is 2.20. The SMILES string of the molecule is CNC(=O)c1cc2c(=O)n3cccc(C)c3nc2n(C2CCCC2)c1=N. The van der Waals surface area contributed by atoms with Gasteiger partial charge in [-0.05, 0) is 37.5 Å². The first-order valence-electron chi connectivity index (χ1n) is 8.87. The number of pyridine rings is 2. The largest absolute Gasteiger partial charge is 0.355 e. The molecule has 0 aliphatic heterocycles. The van der Waals surface area contributed by atoms with E-state index in [-0.39, 0.29) is 28.6 Å². The summed E-state index contributed by atoms with van der Waals surface area (Å²) in [7, 11) is 1.53. The summed E-state index contributed by atoms with van der Waals surface area (Å²) in [6, 6.07) is 5.31. The highest BCUT2D eigenvalue weighted by Gasteiger charge is 2.24. The topological polar surface area (TPSA) is 92.2 Å². The molecule has 7 heteroatoms. The van der Waals surface area contributed by atoms with Crippen LogP contribution >= 0.6 is 0 Å². The molecule has 26 heavy (non-hydrogen) atoms. The van der Waals surface area contributed by atoms with E-state index in [1.165, 1.54) is 17.5 Å². The Bertz CT molecular complexity index is 1150. The van der Waals surface area contributed by atoms with Crippen LogP contribution in [0.25, 0.3) is 16.7 Å². The van der Waals surface area contributed by atoms with Crippen molar-refractivity contribution in [1.29, 1.82) is 5.41 Å². The van der Waals surface area contributed by atoms with Gasteiger partial charge in [0.2, 0.25) is 0 Å².